The lowest BCUT2D eigenvalue weighted by atomic mass is 9.84. The highest BCUT2D eigenvalue weighted by Crippen LogP contribution is 2.34. The Morgan fingerprint density at radius 1 is 1.44 bits per heavy atom. The number of aromatic nitrogens is 3. The lowest BCUT2D eigenvalue weighted by Crippen LogP contribution is -2.43. The molecule has 1 N–H and O–H groups in total. The molecule has 0 aliphatic carbocycles. The van der Waals surface area contributed by atoms with Crippen molar-refractivity contribution < 1.29 is 14.1 Å². The third-order valence-corrected chi connectivity index (χ3v) is 5.29. The van der Waals surface area contributed by atoms with Gasteiger partial charge in [-0.05, 0) is 18.9 Å². The van der Waals surface area contributed by atoms with Gasteiger partial charge in [0.05, 0.1) is 25.5 Å². The minimum absolute atomic E-state index is 0.0761. The Morgan fingerprint density at radius 2 is 2.36 bits per heavy atom. The Hall–Kier alpha value is -2.19. The van der Waals surface area contributed by atoms with Gasteiger partial charge in [0.15, 0.2) is 0 Å². The van der Waals surface area contributed by atoms with Crippen LogP contribution in [0.3, 0.4) is 0 Å². The van der Waals surface area contributed by atoms with Crippen molar-refractivity contribution in [1.29, 1.82) is 0 Å². The van der Waals surface area contributed by atoms with Gasteiger partial charge >= 0.3 is 0 Å². The number of likely N-dealkylation sites (tertiary alicyclic amines) is 1. The SMILES string of the molecule is Cn1ccnc1CN1CC[C@@H]2[C@@H](CO[C@H]2CNC(=O)c2ccno2)C1. The fourth-order valence-electron chi connectivity index (χ4n) is 3.88. The number of aryl methyl sites for hydroxylation is 1. The molecule has 0 aromatic carbocycles. The molecule has 2 aromatic rings. The fourth-order valence-corrected chi connectivity index (χ4v) is 3.88. The average Bonchev–Trinajstić information content (AvgIpc) is 3.35. The van der Waals surface area contributed by atoms with Crippen LogP contribution in [0.5, 0.6) is 0 Å². The van der Waals surface area contributed by atoms with Gasteiger partial charge in [-0.15, -0.1) is 0 Å². The molecule has 0 spiro atoms. The molecule has 8 nitrogen and oxygen atoms in total. The predicted molar refractivity (Wildman–Crippen MR) is 88.7 cm³/mol. The minimum Gasteiger partial charge on any atom is -0.376 e. The number of amides is 1. The molecule has 2 aliphatic rings. The third-order valence-electron chi connectivity index (χ3n) is 5.29. The smallest absolute Gasteiger partial charge is 0.289 e. The number of rotatable bonds is 5. The van der Waals surface area contributed by atoms with Crippen LogP contribution in [0.1, 0.15) is 22.8 Å². The number of nitrogens with zero attached hydrogens (tertiary/aromatic N) is 4. The summed E-state index contributed by atoms with van der Waals surface area (Å²) in [5.74, 6) is 2.10. The summed E-state index contributed by atoms with van der Waals surface area (Å²) < 4.78 is 12.9. The molecule has 0 unspecified atom stereocenters. The topological polar surface area (TPSA) is 85.4 Å². The van der Waals surface area contributed by atoms with Crippen LogP contribution in [0.2, 0.25) is 0 Å². The van der Waals surface area contributed by atoms with E-state index >= 15 is 0 Å². The highest BCUT2D eigenvalue weighted by molar-refractivity contribution is 5.91. The Balaban J connectivity index is 1.29. The van der Waals surface area contributed by atoms with E-state index in [1.807, 2.05) is 19.4 Å². The molecule has 2 aromatic heterocycles. The van der Waals surface area contributed by atoms with Crippen molar-refractivity contribution in [2.24, 2.45) is 18.9 Å². The largest absolute Gasteiger partial charge is 0.376 e. The lowest BCUT2D eigenvalue weighted by molar-refractivity contribution is 0.0723. The van der Waals surface area contributed by atoms with E-state index in [1.165, 1.54) is 6.20 Å². The molecule has 134 valence electrons. The van der Waals surface area contributed by atoms with E-state index in [4.69, 9.17) is 9.26 Å². The van der Waals surface area contributed by atoms with Crippen molar-refractivity contribution in [2.75, 3.05) is 26.2 Å². The predicted octanol–water partition coefficient (Wildman–Crippen LogP) is 0.675. The van der Waals surface area contributed by atoms with Crippen LogP contribution in [-0.2, 0) is 18.3 Å². The van der Waals surface area contributed by atoms with Gasteiger partial charge in [0, 0.05) is 44.5 Å². The molecule has 3 atom stereocenters. The molecule has 0 radical (unpaired) electrons. The van der Waals surface area contributed by atoms with Crippen LogP contribution in [0.4, 0.5) is 0 Å². The highest BCUT2D eigenvalue weighted by atomic mass is 16.5. The van der Waals surface area contributed by atoms with Gasteiger partial charge in [0.25, 0.3) is 5.91 Å². The standard InChI is InChI=1S/C17H23N5O3/c1-21-7-5-18-16(21)10-22-6-3-13-12(9-22)11-24-15(13)8-19-17(23)14-2-4-20-25-14/h2,4-5,7,12-13,15H,3,6,8-11H2,1H3,(H,19,23)/t12-,13-,15+/m1/s1. The first-order chi connectivity index (χ1) is 12.2. The highest BCUT2D eigenvalue weighted by Gasteiger charge is 2.40. The maximum Gasteiger partial charge on any atom is 0.289 e. The third kappa shape index (κ3) is 3.45. The first-order valence-electron chi connectivity index (χ1n) is 8.70. The fraction of sp³-hybridized carbons (Fsp3) is 0.588. The minimum atomic E-state index is -0.239. The van der Waals surface area contributed by atoms with Crippen LogP contribution >= 0.6 is 0 Å². The number of carbonyl (C=O) groups excluding carboxylic acids is 1. The Morgan fingerprint density at radius 3 is 3.12 bits per heavy atom. The zero-order valence-electron chi connectivity index (χ0n) is 14.3. The van der Waals surface area contributed by atoms with Crippen molar-refractivity contribution in [2.45, 2.75) is 19.1 Å². The van der Waals surface area contributed by atoms with Crippen molar-refractivity contribution >= 4 is 5.91 Å². The van der Waals surface area contributed by atoms with Gasteiger partial charge in [0.2, 0.25) is 5.76 Å². The van der Waals surface area contributed by atoms with Crippen LogP contribution in [0.25, 0.3) is 0 Å². The van der Waals surface area contributed by atoms with E-state index in [0.717, 1.165) is 38.5 Å². The van der Waals surface area contributed by atoms with Crippen LogP contribution < -0.4 is 5.32 Å². The first kappa shape index (κ1) is 16.3. The average molecular weight is 345 g/mol. The molecule has 0 bridgehead atoms. The molecule has 2 saturated heterocycles. The number of fused-ring (bicyclic) bond motifs is 1. The summed E-state index contributed by atoms with van der Waals surface area (Å²) in [4.78, 5) is 18.8. The molecule has 4 rings (SSSR count). The monoisotopic (exact) mass is 345 g/mol. The summed E-state index contributed by atoms with van der Waals surface area (Å²) in [5, 5.41) is 6.44. The molecular formula is C17H23N5O3. The molecule has 1 amide bonds. The van der Waals surface area contributed by atoms with E-state index in [2.05, 4.69) is 24.9 Å². The van der Waals surface area contributed by atoms with Gasteiger partial charge in [-0.2, -0.15) is 0 Å². The number of hydrogen-bond donors (Lipinski definition) is 1. The molecule has 25 heavy (non-hydrogen) atoms. The van der Waals surface area contributed by atoms with Crippen molar-refractivity contribution in [3.8, 4) is 0 Å². The normalized spacial score (nSPS) is 26.5. The van der Waals surface area contributed by atoms with Crippen LogP contribution in [-0.4, -0.2) is 57.9 Å². The lowest BCUT2D eigenvalue weighted by Gasteiger charge is -2.35. The maximum atomic E-state index is 12.0. The Bertz CT molecular complexity index is 714. The second-order valence-corrected chi connectivity index (χ2v) is 6.86. The van der Waals surface area contributed by atoms with Crippen molar-refractivity contribution in [3.05, 3.63) is 36.2 Å². The molecule has 0 saturated carbocycles. The molecule has 4 heterocycles. The summed E-state index contributed by atoms with van der Waals surface area (Å²) in [6.45, 7) is 4.19. The van der Waals surface area contributed by atoms with Gasteiger partial charge in [0.1, 0.15) is 5.82 Å². The summed E-state index contributed by atoms with van der Waals surface area (Å²) >= 11 is 0. The number of ether oxygens (including phenoxy) is 1. The van der Waals surface area contributed by atoms with E-state index in [1.54, 1.807) is 6.07 Å². The zero-order valence-corrected chi connectivity index (χ0v) is 14.3. The zero-order chi connectivity index (χ0) is 17.2. The molecule has 2 fully saturated rings. The second-order valence-electron chi connectivity index (χ2n) is 6.86. The molecule has 2 aliphatic heterocycles. The molecule has 8 heteroatoms. The second kappa shape index (κ2) is 6.97. The van der Waals surface area contributed by atoms with E-state index < -0.39 is 0 Å². The van der Waals surface area contributed by atoms with Gasteiger partial charge in [-0.25, -0.2) is 4.98 Å². The van der Waals surface area contributed by atoms with Crippen molar-refractivity contribution in [1.82, 2.24) is 24.9 Å². The maximum absolute atomic E-state index is 12.0. The number of hydrogen-bond acceptors (Lipinski definition) is 6. The molecular weight excluding hydrogens is 322 g/mol. The van der Waals surface area contributed by atoms with E-state index in [-0.39, 0.29) is 17.8 Å². The van der Waals surface area contributed by atoms with Gasteiger partial charge < -0.3 is 19.1 Å². The first-order valence-corrected chi connectivity index (χ1v) is 8.70. The van der Waals surface area contributed by atoms with Crippen LogP contribution in [0, 0.1) is 11.8 Å². The van der Waals surface area contributed by atoms with Gasteiger partial charge in [-0.1, -0.05) is 5.16 Å². The van der Waals surface area contributed by atoms with E-state index in [9.17, 15) is 4.79 Å². The van der Waals surface area contributed by atoms with Crippen molar-refractivity contribution in [3.63, 3.8) is 0 Å². The summed E-state index contributed by atoms with van der Waals surface area (Å²) in [5.41, 5.74) is 0. The van der Waals surface area contributed by atoms with Crippen LogP contribution in [0.15, 0.2) is 29.2 Å². The Labute approximate surface area is 146 Å². The summed E-state index contributed by atoms with van der Waals surface area (Å²) in [6.07, 6.45) is 6.45. The van der Waals surface area contributed by atoms with Gasteiger partial charge in [-0.3, -0.25) is 9.69 Å². The number of imidazole rings is 1. The quantitative estimate of drug-likeness (QED) is 0.857. The van der Waals surface area contributed by atoms with E-state index in [0.29, 0.717) is 18.4 Å². The number of piperidine rings is 1. The summed E-state index contributed by atoms with van der Waals surface area (Å²) in [6, 6.07) is 1.56. The summed E-state index contributed by atoms with van der Waals surface area (Å²) in [7, 11) is 2.03. The Kier molecular flexibility index (Phi) is 4.54. The number of carbonyl (C=O) groups is 1. The number of nitrogens with one attached hydrogen (secondary N) is 1.